The quantitative estimate of drug-likeness (QED) is 0.620. The lowest BCUT2D eigenvalue weighted by atomic mass is 9.94. The number of aliphatic imine (C=N–C) groups is 1. The lowest BCUT2D eigenvalue weighted by Crippen LogP contribution is -2.13. The van der Waals surface area contributed by atoms with Gasteiger partial charge in [0, 0.05) is 25.7 Å². The Morgan fingerprint density at radius 3 is 2.75 bits per heavy atom. The molecule has 0 radical (unpaired) electrons. The topological polar surface area (TPSA) is 40.0 Å². The highest BCUT2D eigenvalue weighted by Crippen LogP contribution is 2.27. The van der Waals surface area contributed by atoms with Crippen molar-refractivity contribution < 1.29 is 0 Å². The average Bonchev–Trinajstić information content (AvgIpc) is 2.57. The third-order valence-corrected chi connectivity index (χ3v) is 3.52. The first-order valence-corrected chi connectivity index (χ1v) is 8.47. The summed E-state index contributed by atoms with van der Waals surface area (Å²) in [5.41, 5.74) is 3.47. The highest BCUT2D eigenvalue weighted by molar-refractivity contribution is 5.74. The van der Waals surface area contributed by atoms with E-state index >= 15 is 0 Å². The molecule has 1 N–H and O–H groups in total. The molecule has 1 heterocycles. The molecule has 0 saturated carbocycles. The zero-order chi connectivity index (χ0) is 17.9. The molecule has 0 fully saturated rings. The minimum atomic E-state index is 0.542. The van der Waals surface area contributed by atoms with Gasteiger partial charge in [0.15, 0.2) is 0 Å². The van der Waals surface area contributed by atoms with Crippen LogP contribution in [0.3, 0.4) is 0 Å². The number of hydrazone groups is 1. The minimum absolute atomic E-state index is 0.542. The Morgan fingerprint density at radius 2 is 2.12 bits per heavy atom. The van der Waals surface area contributed by atoms with Crippen LogP contribution in [0.2, 0.25) is 0 Å². The maximum absolute atomic E-state index is 4.34. The van der Waals surface area contributed by atoms with E-state index in [1.54, 1.807) is 6.21 Å². The van der Waals surface area contributed by atoms with Crippen LogP contribution in [-0.2, 0) is 0 Å². The fourth-order valence-electron chi connectivity index (χ4n) is 2.33. The van der Waals surface area contributed by atoms with Crippen molar-refractivity contribution in [2.45, 2.75) is 40.5 Å². The highest BCUT2D eigenvalue weighted by Gasteiger charge is 2.14. The predicted molar refractivity (Wildman–Crippen MR) is 106 cm³/mol. The molecule has 0 bridgehead atoms. The summed E-state index contributed by atoms with van der Waals surface area (Å²) in [7, 11) is 0. The summed E-state index contributed by atoms with van der Waals surface area (Å²) in [5.74, 6) is 1.23. The summed E-state index contributed by atoms with van der Waals surface area (Å²) in [5, 5.41) is 9.06. The van der Waals surface area contributed by atoms with E-state index in [-0.39, 0.29) is 0 Å². The number of nitrogens with zero attached hydrogens (tertiary/aromatic N) is 3. The normalized spacial score (nSPS) is 16.9. The zero-order valence-corrected chi connectivity index (χ0v) is 15.4. The largest absolute Gasteiger partial charge is 0.371 e. The summed E-state index contributed by atoms with van der Waals surface area (Å²) in [4.78, 5) is 4.34. The van der Waals surface area contributed by atoms with Crippen LogP contribution in [-0.4, -0.2) is 24.5 Å². The molecule has 1 aliphatic heterocycles. The Balaban J connectivity index is 3.03. The lowest BCUT2D eigenvalue weighted by Gasteiger charge is -2.23. The number of rotatable bonds is 9. The van der Waals surface area contributed by atoms with E-state index in [2.05, 4.69) is 62.5 Å². The first-order valence-electron chi connectivity index (χ1n) is 8.47. The number of allylic oxidation sites excluding steroid dienone is 6. The van der Waals surface area contributed by atoms with Gasteiger partial charge in [0.1, 0.15) is 5.82 Å². The van der Waals surface area contributed by atoms with E-state index in [9.17, 15) is 0 Å². The van der Waals surface area contributed by atoms with Crippen molar-refractivity contribution in [3.63, 3.8) is 0 Å². The third-order valence-electron chi connectivity index (χ3n) is 3.52. The van der Waals surface area contributed by atoms with Crippen LogP contribution in [0.25, 0.3) is 0 Å². The molecule has 24 heavy (non-hydrogen) atoms. The second kappa shape index (κ2) is 10.4. The van der Waals surface area contributed by atoms with Gasteiger partial charge in [-0.3, -0.25) is 0 Å². The van der Waals surface area contributed by atoms with Gasteiger partial charge in [-0.15, -0.1) is 0 Å². The Morgan fingerprint density at radius 1 is 1.38 bits per heavy atom. The van der Waals surface area contributed by atoms with Gasteiger partial charge in [-0.25, -0.2) is 10.0 Å². The molecule has 4 heteroatoms. The van der Waals surface area contributed by atoms with Crippen LogP contribution in [0, 0.1) is 5.92 Å². The summed E-state index contributed by atoms with van der Waals surface area (Å²) >= 11 is 0. The van der Waals surface area contributed by atoms with Gasteiger partial charge in [-0.1, -0.05) is 33.4 Å². The molecule has 0 aromatic rings. The average molecular weight is 326 g/mol. The molecular weight excluding hydrogens is 296 g/mol. The predicted octanol–water partition coefficient (Wildman–Crippen LogP) is 4.78. The van der Waals surface area contributed by atoms with Gasteiger partial charge in [-0.2, -0.15) is 5.10 Å². The zero-order valence-electron chi connectivity index (χ0n) is 15.4. The fraction of sp³-hybridized carbons (Fsp3) is 0.400. The van der Waals surface area contributed by atoms with Crippen LogP contribution in [0.15, 0.2) is 69.8 Å². The summed E-state index contributed by atoms with van der Waals surface area (Å²) < 4.78 is 0. The van der Waals surface area contributed by atoms with E-state index in [0.29, 0.717) is 11.7 Å². The molecular formula is C20H30N4. The van der Waals surface area contributed by atoms with E-state index in [1.807, 2.05) is 29.4 Å². The van der Waals surface area contributed by atoms with Gasteiger partial charge in [0.05, 0.1) is 5.70 Å². The number of nitrogens with one attached hydrogen (secondary N) is 1. The van der Waals surface area contributed by atoms with E-state index in [4.69, 9.17) is 0 Å². The van der Waals surface area contributed by atoms with Crippen LogP contribution in [0.1, 0.15) is 40.5 Å². The molecule has 0 saturated heterocycles. The monoisotopic (exact) mass is 326 g/mol. The molecule has 0 aromatic carbocycles. The van der Waals surface area contributed by atoms with E-state index in [0.717, 1.165) is 25.1 Å². The summed E-state index contributed by atoms with van der Waals surface area (Å²) in [6.07, 6.45) is 13.8. The van der Waals surface area contributed by atoms with Crippen molar-refractivity contribution in [1.29, 1.82) is 0 Å². The van der Waals surface area contributed by atoms with Crippen LogP contribution >= 0.6 is 0 Å². The molecule has 0 aromatic heterocycles. The summed E-state index contributed by atoms with van der Waals surface area (Å²) in [6, 6.07) is 0. The molecule has 1 rings (SSSR count). The lowest BCUT2D eigenvalue weighted by molar-refractivity contribution is 0.500. The van der Waals surface area contributed by atoms with Gasteiger partial charge < -0.3 is 5.32 Å². The van der Waals surface area contributed by atoms with Crippen LogP contribution < -0.4 is 5.32 Å². The maximum atomic E-state index is 4.34. The molecule has 0 unspecified atom stereocenters. The van der Waals surface area contributed by atoms with Gasteiger partial charge in [-0.05, 0) is 55.1 Å². The Hall–Kier alpha value is -2.36. The van der Waals surface area contributed by atoms with Gasteiger partial charge >= 0.3 is 0 Å². The van der Waals surface area contributed by atoms with Gasteiger partial charge in [0.2, 0.25) is 0 Å². The Labute approximate surface area is 146 Å². The molecule has 1 aliphatic rings. The third kappa shape index (κ3) is 6.41. The molecule has 0 spiro atoms. The molecule has 130 valence electrons. The van der Waals surface area contributed by atoms with E-state index < -0.39 is 0 Å². The maximum Gasteiger partial charge on any atom is 0.118 e. The minimum Gasteiger partial charge on any atom is -0.371 e. The SMILES string of the molecule is C=NN1C=CC=C\C1=C(CC(C)C)/C(C)=C/C=N\C(=C)NCCC. The fourth-order valence-corrected chi connectivity index (χ4v) is 2.33. The van der Waals surface area contributed by atoms with Crippen molar-refractivity contribution in [3.8, 4) is 0 Å². The van der Waals surface area contributed by atoms with Crippen molar-refractivity contribution in [1.82, 2.24) is 10.3 Å². The van der Waals surface area contributed by atoms with Crippen molar-refractivity contribution in [3.05, 3.63) is 59.7 Å². The Kier molecular flexibility index (Phi) is 8.55. The second-order valence-corrected chi connectivity index (χ2v) is 6.15. The second-order valence-electron chi connectivity index (χ2n) is 6.15. The summed E-state index contributed by atoms with van der Waals surface area (Å²) in [6.45, 7) is 17.1. The molecule has 0 amide bonds. The first kappa shape index (κ1) is 19.7. The first-order chi connectivity index (χ1) is 11.5. The Bertz CT molecular complexity index is 589. The van der Waals surface area contributed by atoms with Crippen molar-refractivity contribution in [2.24, 2.45) is 16.0 Å². The standard InChI is InChI=1S/C20H30N4/c1-7-12-22-18(5)23-13-11-17(4)19(15-16(2)3)20-10-8-9-14-24(20)21-6/h8-11,13-14,16,22H,5-7,12,15H2,1-4H3/b17-11+,20-19+,23-13-. The van der Waals surface area contributed by atoms with Gasteiger partial charge in [0.25, 0.3) is 0 Å². The van der Waals surface area contributed by atoms with E-state index in [1.165, 1.54) is 11.1 Å². The smallest absolute Gasteiger partial charge is 0.118 e. The van der Waals surface area contributed by atoms with Crippen LogP contribution in [0.5, 0.6) is 0 Å². The van der Waals surface area contributed by atoms with Crippen LogP contribution in [0.4, 0.5) is 0 Å². The molecule has 0 aliphatic carbocycles. The molecule has 0 atom stereocenters. The van der Waals surface area contributed by atoms with Crippen molar-refractivity contribution >= 4 is 12.9 Å². The van der Waals surface area contributed by atoms with Crippen molar-refractivity contribution in [2.75, 3.05) is 6.54 Å². The number of hydrogen-bond acceptors (Lipinski definition) is 4. The molecule has 4 nitrogen and oxygen atoms in total. The number of hydrogen-bond donors (Lipinski definition) is 1. The highest BCUT2D eigenvalue weighted by atomic mass is 15.4.